The molecule has 4 aromatic rings. The second-order valence-electron chi connectivity index (χ2n) is 8.95. The van der Waals surface area contributed by atoms with Crippen molar-refractivity contribution >= 4 is 16.9 Å². The summed E-state index contributed by atoms with van der Waals surface area (Å²) in [7, 11) is 0. The highest BCUT2D eigenvalue weighted by atomic mass is 16.5. The van der Waals surface area contributed by atoms with Crippen LogP contribution in [0.15, 0.2) is 72.8 Å². The maximum Gasteiger partial charge on any atom is 0.251 e. The lowest BCUT2D eigenvalue weighted by Gasteiger charge is -2.12. The number of carbonyl (C=O) groups excluding carboxylic acids is 1. The van der Waals surface area contributed by atoms with E-state index >= 15 is 0 Å². The third-order valence-corrected chi connectivity index (χ3v) is 6.12. The zero-order valence-corrected chi connectivity index (χ0v) is 20.3. The van der Waals surface area contributed by atoms with Crippen molar-refractivity contribution in [2.75, 3.05) is 6.61 Å². The lowest BCUT2D eigenvalue weighted by molar-refractivity contribution is 0.0949. The van der Waals surface area contributed by atoms with E-state index in [4.69, 9.17) is 9.72 Å². The first-order valence-corrected chi connectivity index (χ1v) is 12.0. The van der Waals surface area contributed by atoms with Crippen LogP contribution in [0.3, 0.4) is 0 Å². The molecule has 5 heteroatoms. The van der Waals surface area contributed by atoms with Gasteiger partial charge < -0.3 is 14.6 Å². The number of unbranched alkanes of at least 4 members (excludes halogenated alkanes) is 1. The normalized spacial score (nSPS) is 11.2. The van der Waals surface area contributed by atoms with Gasteiger partial charge in [-0.3, -0.25) is 4.79 Å². The van der Waals surface area contributed by atoms with Crippen molar-refractivity contribution < 1.29 is 9.53 Å². The van der Waals surface area contributed by atoms with Crippen LogP contribution in [0.4, 0.5) is 0 Å². The fourth-order valence-electron chi connectivity index (χ4n) is 4.10. The third-order valence-electron chi connectivity index (χ3n) is 6.12. The zero-order chi connectivity index (χ0) is 23.9. The van der Waals surface area contributed by atoms with E-state index in [0.29, 0.717) is 24.6 Å². The maximum atomic E-state index is 12.7. The Morgan fingerprint density at radius 3 is 2.47 bits per heavy atom. The molecule has 0 unspecified atom stereocenters. The summed E-state index contributed by atoms with van der Waals surface area (Å²) in [6.45, 7) is 8.22. The number of amides is 1. The predicted octanol–water partition coefficient (Wildman–Crippen LogP) is 6.26. The quantitative estimate of drug-likeness (QED) is 0.287. The molecule has 0 saturated heterocycles. The molecular formula is C29H33N3O2. The summed E-state index contributed by atoms with van der Waals surface area (Å²) in [5, 5.41) is 3.05. The smallest absolute Gasteiger partial charge is 0.251 e. The highest BCUT2D eigenvalue weighted by molar-refractivity contribution is 5.95. The minimum Gasteiger partial charge on any atom is -0.494 e. The van der Waals surface area contributed by atoms with E-state index in [1.807, 2.05) is 61.5 Å². The van der Waals surface area contributed by atoms with Crippen LogP contribution in [0.5, 0.6) is 5.75 Å². The second kappa shape index (κ2) is 11.0. The second-order valence-corrected chi connectivity index (χ2v) is 8.95. The van der Waals surface area contributed by atoms with Crippen molar-refractivity contribution in [2.24, 2.45) is 0 Å². The van der Waals surface area contributed by atoms with Crippen molar-refractivity contribution in [3.63, 3.8) is 0 Å². The largest absolute Gasteiger partial charge is 0.494 e. The van der Waals surface area contributed by atoms with Crippen molar-refractivity contribution in [1.29, 1.82) is 0 Å². The number of aryl methyl sites for hydroxylation is 2. The molecule has 0 spiro atoms. The van der Waals surface area contributed by atoms with Gasteiger partial charge >= 0.3 is 0 Å². The number of hydrogen-bond acceptors (Lipinski definition) is 3. The Balaban J connectivity index is 1.35. The topological polar surface area (TPSA) is 56.2 Å². The molecule has 0 saturated carbocycles. The lowest BCUT2D eigenvalue weighted by atomic mass is 10.0. The van der Waals surface area contributed by atoms with E-state index in [1.54, 1.807) is 0 Å². The van der Waals surface area contributed by atoms with Crippen LogP contribution in [0.25, 0.3) is 11.0 Å². The molecule has 0 radical (unpaired) electrons. The molecule has 0 aliphatic heterocycles. The number of imidazole rings is 1. The minimum atomic E-state index is -0.0754. The van der Waals surface area contributed by atoms with Gasteiger partial charge in [0.15, 0.2) is 0 Å². The number of hydrogen-bond donors (Lipinski definition) is 1. The molecule has 0 fully saturated rings. The van der Waals surface area contributed by atoms with Gasteiger partial charge in [0.05, 0.1) is 24.2 Å². The summed E-state index contributed by atoms with van der Waals surface area (Å²) in [4.78, 5) is 17.5. The van der Waals surface area contributed by atoms with Crippen LogP contribution in [-0.4, -0.2) is 22.1 Å². The molecular weight excluding hydrogens is 422 g/mol. The summed E-state index contributed by atoms with van der Waals surface area (Å²) in [6, 6.07) is 24.1. The monoisotopic (exact) mass is 455 g/mol. The maximum absolute atomic E-state index is 12.7. The molecule has 1 heterocycles. The highest BCUT2D eigenvalue weighted by Crippen LogP contribution is 2.20. The average Bonchev–Trinajstić information content (AvgIpc) is 3.20. The van der Waals surface area contributed by atoms with Gasteiger partial charge in [-0.25, -0.2) is 4.98 Å². The van der Waals surface area contributed by atoms with Gasteiger partial charge in [0.1, 0.15) is 11.6 Å². The van der Waals surface area contributed by atoms with Crippen molar-refractivity contribution in [1.82, 2.24) is 14.9 Å². The molecule has 1 N–H and O–H groups in total. The molecule has 1 amide bonds. The van der Waals surface area contributed by atoms with E-state index in [0.717, 1.165) is 47.6 Å². The van der Waals surface area contributed by atoms with Crippen LogP contribution in [0.1, 0.15) is 59.9 Å². The molecule has 0 bridgehead atoms. The SMILES string of the molecule is Cc1ccccc1C(=O)NCc1nc2ccccc2n1CCCCOc1ccc(C(C)C)cc1. The number of ether oxygens (including phenoxy) is 1. The number of carbonyl (C=O) groups is 1. The van der Waals surface area contributed by atoms with Crippen molar-refractivity contribution in [3.8, 4) is 5.75 Å². The predicted molar refractivity (Wildman–Crippen MR) is 137 cm³/mol. The fourth-order valence-corrected chi connectivity index (χ4v) is 4.10. The standard InChI is InChI=1S/C29H33N3O2/c1-21(2)23-14-16-24(17-15-23)34-19-9-8-18-32-27-13-7-6-12-26(27)31-28(32)20-30-29(33)25-11-5-4-10-22(25)3/h4-7,10-17,21H,8-9,18-20H2,1-3H3,(H,30,33). The Labute approximate surface area is 201 Å². The molecule has 0 atom stereocenters. The zero-order valence-electron chi connectivity index (χ0n) is 20.3. The summed E-state index contributed by atoms with van der Waals surface area (Å²) in [6.07, 6.45) is 1.90. The van der Waals surface area contributed by atoms with Gasteiger partial charge in [-0.05, 0) is 67.1 Å². The van der Waals surface area contributed by atoms with Crippen LogP contribution >= 0.6 is 0 Å². The van der Waals surface area contributed by atoms with Crippen LogP contribution in [-0.2, 0) is 13.1 Å². The molecule has 176 valence electrons. The summed E-state index contributed by atoms with van der Waals surface area (Å²) >= 11 is 0. The number of rotatable bonds is 10. The van der Waals surface area contributed by atoms with Gasteiger partial charge in [0.25, 0.3) is 5.91 Å². The molecule has 34 heavy (non-hydrogen) atoms. The summed E-state index contributed by atoms with van der Waals surface area (Å²) in [5.41, 5.74) is 5.02. The number of aromatic nitrogens is 2. The van der Waals surface area contributed by atoms with Crippen molar-refractivity contribution in [2.45, 2.75) is 52.6 Å². The Kier molecular flexibility index (Phi) is 7.63. The molecule has 3 aromatic carbocycles. The molecule has 1 aromatic heterocycles. The molecule has 0 aliphatic rings. The molecule has 0 aliphatic carbocycles. The van der Waals surface area contributed by atoms with Crippen LogP contribution in [0.2, 0.25) is 0 Å². The first-order valence-electron chi connectivity index (χ1n) is 12.0. The first-order chi connectivity index (χ1) is 16.5. The minimum absolute atomic E-state index is 0.0754. The highest BCUT2D eigenvalue weighted by Gasteiger charge is 2.13. The summed E-state index contributed by atoms with van der Waals surface area (Å²) in [5.74, 6) is 2.23. The Morgan fingerprint density at radius 2 is 1.71 bits per heavy atom. The number of para-hydroxylation sites is 2. The molecule has 5 nitrogen and oxygen atoms in total. The van der Waals surface area contributed by atoms with E-state index in [2.05, 4.69) is 41.9 Å². The van der Waals surface area contributed by atoms with E-state index < -0.39 is 0 Å². The van der Waals surface area contributed by atoms with E-state index in [9.17, 15) is 4.79 Å². The van der Waals surface area contributed by atoms with Crippen LogP contribution in [0, 0.1) is 6.92 Å². The Bertz CT molecular complexity index is 1240. The number of nitrogens with one attached hydrogen (secondary N) is 1. The average molecular weight is 456 g/mol. The first kappa shape index (κ1) is 23.6. The van der Waals surface area contributed by atoms with Gasteiger partial charge in [-0.1, -0.05) is 56.3 Å². The van der Waals surface area contributed by atoms with Crippen molar-refractivity contribution in [3.05, 3.63) is 95.3 Å². The third kappa shape index (κ3) is 5.66. The van der Waals surface area contributed by atoms with Crippen LogP contribution < -0.4 is 10.1 Å². The van der Waals surface area contributed by atoms with E-state index in [1.165, 1.54) is 5.56 Å². The fraction of sp³-hybridized carbons (Fsp3) is 0.310. The van der Waals surface area contributed by atoms with Gasteiger partial charge in [0, 0.05) is 12.1 Å². The number of fused-ring (bicyclic) bond motifs is 1. The Hall–Kier alpha value is -3.60. The van der Waals surface area contributed by atoms with Gasteiger partial charge in [-0.15, -0.1) is 0 Å². The number of nitrogens with zero attached hydrogens (tertiary/aromatic N) is 2. The Morgan fingerprint density at radius 1 is 0.971 bits per heavy atom. The lowest BCUT2D eigenvalue weighted by Crippen LogP contribution is -2.25. The molecule has 4 rings (SSSR count). The summed E-state index contributed by atoms with van der Waals surface area (Å²) < 4.78 is 8.15. The van der Waals surface area contributed by atoms with Gasteiger partial charge in [0.2, 0.25) is 0 Å². The van der Waals surface area contributed by atoms with Gasteiger partial charge in [-0.2, -0.15) is 0 Å². The number of benzene rings is 3. The van der Waals surface area contributed by atoms with E-state index in [-0.39, 0.29) is 5.91 Å².